The summed E-state index contributed by atoms with van der Waals surface area (Å²) < 4.78 is 5.38. The fourth-order valence-electron chi connectivity index (χ4n) is 2.59. The molecule has 0 aliphatic carbocycles. The normalized spacial score (nSPS) is 19.5. The summed E-state index contributed by atoms with van der Waals surface area (Å²) in [5, 5.41) is 0.758. The first-order valence-corrected chi connectivity index (χ1v) is 7.33. The maximum atomic E-state index is 6.22. The average Bonchev–Trinajstić information content (AvgIpc) is 2.45. The van der Waals surface area contributed by atoms with E-state index in [9.17, 15) is 0 Å². The molecule has 1 heterocycles. The SMILES string of the molecule is COC1CCN(CCC(N)c2cccc(Cl)c2)CC1. The third-order valence-corrected chi connectivity index (χ3v) is 4.14. The maximum Gasteiger partial charge on any atom is 0.0595 e. The standard InChI is InChI=1S/C15H23ClN2O/c1-19-14-5-8-18(9-6-14)10-7-15(17)12-3-2-4-13(16)11-12/h2-4,11,14-15H,5-10,17H2,1H3. The van der Waals surface area contributed by atoms with Crippen LogP contribution in [0.5, 0.6) is 0 Å². The molecule has 1 saturated heterocycles. The molecule has 0 bridgehead atoms. The number of ether oxygens (including phenoxy) is 1. The molecule has 4 heteroatoms. The maximum absolute atomic E-state index is 6.22. The summed E-state index contributed by atoms with van der Waals surface area (Å²) in [5.74, 6) is 0. The van der Waals surface area contributed by atoms with Crippen LogP contribution in [0.1, 0.15) is 30.9 Å². The number of piperidine rings is 1. The number of benzene rings is 1. The summed E-state index contributed by atoms with van der Waals surface area (Å²) in [4.78, 5) is 2.47. The third-order valence-electron chi connectivity index (χ3n) is 3.90. The van der Waals surface area contributed by atoms with Gasteiger partial charge in [-0.25, -0.2) is 0 Å². The lowest BCUT2D eigenvalue weighted by atomic mass is 10.0. The molecule has 1 fully saturated rings. The topological polar surface area (TPSA) is 38.5 Å². The number of methoxy groups -OCH3 is 1. The molecule has 0 radical (unpaired) electrons. The van der Waals surface area contributed by atoms with Crippen molar-refractivity contribution in [2.45, 2.75) is 31.4 Å². The van der Waals surface area contributed by atoms with Crippen LogP contribution in [-0.4, -0.2) is 37.7 Å². The summed E-state index contributed by atoms with van der Waals surface area (Å²) in [7, 11) is 1.80. The molecule has 1 aliphatic rings. The van der Waals surface area contributed by atoms with Crippen LogP contribution in [-0.2, 0) is 4.74 Å². The van der Waals surface area contributed by atoms with E-state index in [1.165, 1.54) is 0 Å². The van der Waals surface area contributed by atoms with Crippen LogP contribution in [0.2, 0.25) is 5.02 Å². The van der Waals surface area contributed by atoms with E-state index in [2.05, 4.69) is 4.90 Å². The van der Waals surface area contributed by atoms with Crippen molar-refractivity contribution in [3.05, 3.63) is 34.9 Å². The Morgan fingerprint density at radius 3 is 2.79 bits per heavy atom. The summed E-state index contributed by atoms with van der Waals surface area (Å²) in [6.07, 6.45) is 3.67. The lowest BCUT2D eigenvalue weighted by molar-refractivity contribution is 0.0404. The molecule has 1 unspecified atom stereocenters. The molecule has 2 N–H and O–H groups in total. The van der Waals surface area contributed by atoms with Gasteiger partial charge in [0.05, 0.1) is 6.10 Å². The number of halogens is 1. The van der Waals surface area contributed by atoms with E-state index in [0.29, 0.717) is 6.10 Å². The minimum atomic E-state index is 0.0684. The van der Waals surface area contributed by atoms with Crippen molar-refractivity contribution in [2.75, 3.05) is 26.7 Å². The Hall–Kier alpha value is -0.610. The van der Waals surface area contributed by atoms with Crippen LogP contribution in [0.3, 0.4) is 0 Å². The number of hydrogen-bond donors (Lipinski definition) is 1. The zero-order valence-electron chi connectivity index (χ0n) is 11.5. The monoisotopic (exact) mass is 282 g/mol. The Morgan fingerprint density at radius 2 is 2.16 bits per heavy atom. The third kappa shape index (κ3) is 4.46. The Bertz CT molecular complexity index is 391. The van der Waals surface area contributed by atoms with Crippen LogP contribution in [0, 0.1) is 0 Å². The highest BCUT2D eigenvalue weighted by Crippen LogP contribution is 2.20. The molecular formula is C15H23ClN2O. The van der Waals surface area contributed by atoms with Crippen LogP contribution in [0.25, 0.3) is 0 Å². The zero-order chi connectivity index (χ0) is 13.7. The van der Waals surface area contributed by atoms with Gasteiger partial charge in [-0.15, -0.1) is 0 Å². The number of nitrogens with zero attached hydrogens (tertiary/aromatic N) is 1. The molecule has 1 aromatic rings. The smallest absolute Gasteiger partial charge is 0.0595 e. The predicted molar refractivity (Wildman–Crippen MR) is 79.5 cm³/mol. The van der Waals surface area contributed by atoms with Crippen LogP contribution in [0.4, 0.5) is 0 Å². The zero-order valence-corrected chi connectivity index (χ0v) is 12.3. The average molecular weight is 283 g/mol. The highest BCUT2D eigenvalue weighted by molar-refractivity contribution is 6.30. The lowest BCUT2D eigenvalue weighted by Gasteiger charge is -2.31. The summed E-state index contributed by atoms with van der Waals surface area (Å²) in [6.45, 7) is 3.27. The molecule has 1 aromatic carbocycles. The predicted octanol–water partition coefficient (Wildman–Crippen LogP) is 2.84. The van der Waals surface area contributed by atoms with E-state index in [1.807, 2.05) is 24.3 Å². The fraction of sp³-hybridized carbons (Fsp3) is 0.600. The van der Waals surface area contributed by atoms with Gasteiger partial charge in [0.25, 0.3) is 0 Å². The first-order valence-electron chi connectivity index (χ1n) is 6.95. The first-order chi connectivity index (χ1) is 9.19. The van der Waals surface area contributed by atoms with Gasteiger partial charge in [-0.3, -0.25) is 0 Å². The molecule has 0 saturated carbocycles. The van der Waals surface area contributed by atoms with Gasteiger partial charge in [-0.2, -0.15) is 0 Å². The van der Waals surface area contributed by atoms with Gasteiger partial charge >= 0.3 is 0 Å². The molecule has 1 atom stereocenters. The van der Waals surface area contributed by atoms with Crippen LogP contribution < -0.4 is 5.73 Å². The Kier molecular flexibility index (Phi) is 5.64. The van der Waals surface area contributed by atoms with E-state index < -0.39 is 0 Å². The highest BCUT2D eigenvalue weighted by Gasteiger charge is 2.19. The molecule has 1 aliphatic heterocycles. The number of likely N-dealkylation sites (tertiary alicyclic amines) is 1. The largest absolute Gasteiger partial charge is 0.381 e. The van der Waals surface area contributed by atoms with E-state index in [1.54, 1.807) is 7.11 Å². The minimum absolute atomic E-state index is 0.0684. The quantitative estimate of drug-likeness (QED) is 0.902. The van der Waals surface area contributed by atoms with Gasteiger partial charge in [0.1, 0.15) is 0 Å². The van der Waals surface area contributed by atoms with Gasteiger partial charge < -0.3 is 15.4 Å². The molecule has 0 aromatic heterocycles. The van der Waals surface area contributed by atoms with Crippen molar-refractivity contribution in [1.29, 1.82) is 0 Å². The Morgan fingerprint density at radius 1 is 1.42 bits per heavy atom. The summed E-state index contributed by atoms with van der Waals surface area (Å²) >= 11 is 5.99. The second-order valence-electron chi connectivity index (χ2n) is 5.23. The molecule has 2 rings (SSSR count). The number of rotatable bonds is 5. The van der Waals surface area contributed by atoms with E-state index in [-0.39, 0.29) is 6.04 Å². The Balaban J connectivity index is 1.76. The minimum Gasteiger partial charge on any atom is -0.381 e. The van der Waals surface area contributed by atoms with E-state index in [0.717, 1.165) is 49.5 Å². The second kappa shape index (κ2) is 7.25. The Labute approximate surface area is 120 Å². The highest BCUT2D eigenvalue weighted by atomic mass is 35.5. The summed E-state index contributed by atoms with van der Waals surface area (Å²) in [6, 6.07) is 7.92. The van der Waals surface area contributed by atoms with Gasteiger partial charge in [-0.05, 0) is 43.5 Å². The molecule has 0 spiro atoms. The van der Waals surface area contributed by atoms with Gasteiger partial charge in [0.15, 0.2) is 0 Å². The lowest BCUT2D eigenvalue weighted by Crippen LogP contribution is -2.38. The fourth-order valence-corrected chi connectivity index (χ4v) is 2.79. The number of hydrogen-bond acceptors (Lipinski definition) is 3. The van der Waals surface area contributed by atoms with Crippen molar-refractivity contribution in [3.8, 4) is 0 Å². The first kappa shape index (κ1) is 14.8. The summed E-state index contributed by atoms with van der Waals surface area (Å²) in [5.41, 5.74) is 7.35. The van der Waals surface area contributed by atoms with Crippen molar-refractivity contribution < 1.29 is 4.74 Å². The number of nitrogens with two attached hydrogens (primary N) is 1. The van der Waals surface area contributed by atoms with E-state index in [4.69, 9.17) is 22.1 Å². The van der Waals surface area contributed by atoms with Crippen LogP contribution in [0.15, 0.2) is 24.3 Å². The molecule has 106 valence electrons. The van der Waals surface area contributed by atoms with Gasteiger partial charge in [-0.1, -0.05) is 23.7 Å². The van der Waals surface area contributed by atoms with Gasteiger partial charge in [0, 0.05) is 31.3 Å². The molecule has 0 amide bonds. The molecular weight excluding hydrogens is 260 g/mol. The van der Waals surface area contributed by atoms with Gasteiger partial charge in [0.2, 0.25) is 0 Å². The van der Waals surface area contributed by atoms with E-state index >= 15 is 0 Å². The van der Waals surface area contributed by atoms with Crippen molar-refractivity contribution >= 4 is 11.6 Å². The van der Waals surface area contributed by atoms with Crippen molar-refractivity contribution in [2.24, 2.45) is 5.73 Å². The molecule has 3 nitrogen and oxygen atoms in total. The second-order valence-corrected chi connectivity index (χ2v) is 5.66. The molecule has 19 heavy (non-hydrogen) atoms. The van der Waals surface area contributed by atoms with Crippen LogP contribution >= 0.6 is 11.6 Å². The van der Waals surface area contributed by atoms with Crippen molar-refractivity contribution in [3.63, 3.8) is 0 Å². The van der Waals surface area contributed by atoms with Crippen molar-refractivity contribution in [1.82, 2.24) is 4.90 Å².